The van der Waals surface area contributed by atoms with Crippen LogP contribution in [0.3, 0.4) is 0 Å². The number of ketones is 1. The van der Waals surface area contributed by atoms with Gasteiger partial charge < -0.3 is 5.11 Å². The Hall–Kier alpha value is -3.19. The van der Waals surface area contributed by atoms with Crippen LogP contribution in [0.5, 0.6) is 5.75 Å². The second-order valence-corrected chi connectivity index (χ2v) is 7.45. The number of carbonyl (C=O) groups excluding carboxylic acids is 1. The SMILES string of the molecule is O=C(c1ccc(C(F)(F)F)cc1)c1c(-c2ccc(F)cc2)sc2cc(O)ccc12. The Balaban J connectivity index is 1.88. The molecule has 1 aromatic heterocycles. The zero-order chi connectivity index (χ0) is 20.8. The van der Waals surface area contributed by atoms with Gasteiger partial charge in [0.05, 0.1) is 5.56 Å². The van der Waals surface area contributed by atoms with E-state index in [2.05, 4.69) is 0 Å². The Labute approximate surface area is 166 Å². The van der Waals surface area contributed by atoms with E-state index in [0.29, 0.717) is 26.1 Å². The van der Waals surface area contributed by atoms with E-state index in [9.17, 15) is 27.5 Å². The number of rotatable bonds is 3. The van der Waals surface area contributed by atoms with Crippen molar-refractivity contribution in [3.8, 4) is 16.2 Å². The highest BCUT2D eigenvalue weighted by atomic mass is 32.1. The van der Waals surface area contributed by atoms with E-state index in [1.54, 1.807) is 6.07 Å². The minimum atomic E-state index is -4.49. The standard InChI is InChI=1S/C22H12F4O2S/c23-15-7-3-13(4-8-15)21-19(17-10-9-16(27)11-18(17)29-21)20(28)12-1-5-14(6-2-12)22(24,25)26/h1-11,27H. The average molecular weight is 416 g/mol. The molecule has 3 aromatic carbocycles. The quantitative estimate of drug-likeness (QED) is 0.299. The molecule has 1 N–H and O–H groups in total. The number of hydrogen-bond acceptors (Lipinski definition) is 3. The molecule has 29 heavy (non-hydrogen) atoms. The first-order chi connectivity index (χ1) is 13.7. The summed E-state index contributed by atoms with van der Waals surface area (Å²) in [6.45, 7) is 0. The van der Waals surface area contributed by atoms with Crippen molar-refractivity contribution in [2.24, 2.45) is 0 Å². The Morgan fingerprint density at radius 1 is 0.897 bits per heavy atom. The second-order valence-electron chi connectivity index (χ2n) is 6.40. The maximum Gasteiger partial charge on any atom is 0.416 e. The fourth-order valence-corrected chi connectivity index (χ4v) is 4.31. The van der Waals surface area contributed by atoms with Crippen molar-refractivity contribution >= 4 is 27.2 Å². The molecule has 4 rings (SSSR count). The lowest BCUT2D eigenvalue weighted by molar-refractivity contribution is -0.137. The number of hydrogen-bond donors (Lipinski definition) is 1. The highest BCUT2D eigenvalue weighted by Gasteiger charge is 2.30. The number of carbonyl (C=O) groups is 1. The van der Waals surface area contributed by atoms with Crippen LogP contribution in [0.1, 0.15) is 21.5 Å². The summed E-state index contributed by atoms with van der Waals surface area (Å²) in [6, 6.07) is 14.2. The molecule has 0 aliphatic rings. The fraction of sp³-hybridized carbons (Fsp3) is 0.0455. The summed E-state index contributed by atoms with van der Waals surface area (Å²) in [6.07, 6.45) is -4.49. The van der Waals surface area contributed by atoms with E-state index in [1.165, 1.54) is 47.7 Å². The number of aromatic hydroxyl groups is 1. The van der Waals surface area contributed by atoms with E-state index in [0.717, 1.165) is 24.3 Å². The number of thiophene rings is 1. The zero-order valence-electron chi connectivity index (χ0n) is 14.6. The molecule has 0 radical (unpaired) electrons. The van der Waals surface area contributed by atoms with Gasteiger partial charge in [-0.3, -0.25) is 4.79 Å². The molecule has 2 nitrogen and oxygen atoms in total. The van der Waals surface area contributed by atoms with E-state index >= 15 is 0 Å². The van der Waals surface area contributed by atoms with Crippen LogP contribution in [0.15, 0.2) is 66.7 Å². The summed E-state index contributed by atoms with van der Waals surface area (Å²) in [5.41, 5.74) is 0.167. The van der Waals surface area contributed by atoms with Gasteiger partial charge in [-0.15, -0.1) is 11.3 Å². The van der Waals surface area contributed by atoms with Crippen molar-refractivity contribution in [3.05, 3.63) is 89.2 Å². The Kier molecular flexibility index (Phi) is 4.62. The maximum atomic E-state index is 13.3. The lowest BCUT2D eigenvalue weighted by Gasteiger charge is -2.08. The normalized spacial score (nSPS) is 11.7. The van der Waals surface area contributed by atoms with E-state index in [1.807, 2.05) is 0 Å². The van der Waals surface area contributed by atoms with Gasteiger partial charge in [-0.2, -0.15) is 13.2 Å². The average Bonchev–Trinajstić information content (AvgIpc) is 3.05. The van der Waals surface area contributed by atoms with E-state index < -0.39 is 23.3 Å². The van der Waals surface area contributed by atoms with Crippen molar-refractivity contribution in [2.45, 2.75) is 6.18 Å². The molecule has 0 saturated heterocycles. The van der Waals surface area contributed by atoms with Crippen LogP contribution >= 0.6 is 11.3 Å². The Morgan fingerprint density at radius 2 is 1.55 bits per heavy atom. The smallest absolute Gasteiger partial charge is 0.416 e. The fourth-order valence-electron chi connectivity index (χ4n) is 3.07. The molecule has 1 heterocycles. The second kappa shape index (κ2) is 7.00. The topological polar surface area (TPSA) is 37.3 Å². The first-order valence-corrected chi connectivity index (χ1v) is 9.29. The number of halogens is 4. The molecule has 0 bridgehead atoms. The molecule has 0 amide bonds. The van der Waals surface area contributed by atoms with Gasteiger partial charge in [0, 0.05) is 26.1 Å². The molecule has 0 saturated carbocycles. The number of phenolic OH excluding ortho intramolecular Hbond substituents is 1. The van der Waals surface area contributed by atoms with Crippen molar-refractivity contribution in [3.63, 3.8) is 0 Å². The zero-order valence-corrected chi connectivity index (χ0v) is 15.4. The minimum absolute atomic E-state index is 0.0259. The largest absolute Gasteiger partial charge is 0.508 e. The minimum Gasteiger partial charge on any atom is -0.508 e. The van der Waals surface area contributed by atoms with Gasteiger partial charge in [0.1, 0.15) is 11.6 Å². The van der Waals surface area contributed by atoms with Crippen molar-refractivity contribution in [1.82, 2.24) is 0 Å². The lowest BCUT2D eigenvalue weighted by Crippen LogP contribution is -2.07. The predicted molar refractivity (Wildman–Crippen MR) is 104 cm³/mol. The van der Waals surface area contributed by atoms with Gasteiger partial charge in [0.15, 0.2) is 5.78 Å². The summed E-state index contributed by atoms with van der Waals surface area (Å²) in [5.74, 6) is -0.851. The third kappa shape index (κ3) is 3.61. The third-order valence-electron chi connectivity index (χ3n) is 4.48. The van der Waals surface area contributed by atoms with Crippen LogP contribution < -0.4 is 0 Å². The first-order valence-electron chi connectivity index (χ1n) is 8.47. The van der Waals surface area contributed by atoms with Crippen molar-refractivity contribution in [2.75, 3.05) is 0 Å². The van der Waals surface area contributed by atoms with E-state index in [4.69, 9.17) is 0 Å². The van der Waals surface area contributed by atoms with Crippen LogP contribution in [0.25, 0.3) is 20.5 Å². The van der Waals surface area contributed by atoms with Gasteiger partial charge in [0.2, 0.25) is 0 Å². The highest BCUT2D eigenvalue weighted by Crippen LogP contribution is 2.41. The third-order valence-corrected chi connectivity index (χ3v) is 5.68. The van der Waals surface area contributed by atoms with Crippen LogP contribution in [-0.2, 0) is 6.18 Å². The molecule has 0 unspecified atom stereocenters. The molecule has 0 fully saturated rings. The molecule has 4 aromatic rings. The summed E-state index contributed by atoms with van der Waals surface area (Å²) < 4.78 is 52.4. The monoisotopic (exact) mass is 416 g/mol. The first kappa shape index (κ1) is 19.1. The molecule has 7 heteroatoms. The molecule has 146 valence electrons. The molecule has 0 spiro atoms. The van der Waals surface area contributed by atoms with Gasteiger partial charge in [-0.05, 0) is 48.0 Å². The van der Waals surface area contributed by atoms with Gasteiger partial charge in [-0.1, -0.05) is 24.3 Å². The van der Waals surface area contributed by atoms with Crippen LogP contribution in [0.4, 0.5) is 17.6 Å². The van der Waals surface area contributed by atoms with Gasteiger partial charge in [-0.25, -0.2) is 4.39 Å². The Bertz CT molecular complexity index is 1210. The van der Waals surface area contributed by atoms with Crippen molar-refractivity contribution < 1.29 is 27.5 Å². The number of fused-ring (bicyclic) bond motifs is 1. The van der Waals surface area contributed by atoms with Crippen molar-refractivity contribution in [1.29, 1.82) is 0 Å². The summed E-state index contributed by atoms with van der Waals surface area (Å²) in [5, 5.41) is 10.3. The number of phenols is 1. The number of benzene rings is 3. The lowest BCUT2D eigenvalue weighted by atomic mass is 9.97. The van der Waals surface area contributed by atoms with Gasteiger partial charge in [0.25, 0.3) is 0 Å². The highest BCUT2D eigenvalue weighted by molar-refractivity contribution is 7.22. The maximum absolute atomic E-state index is 13.3. The number of alkyl halides is 3. The molecule has 0 aliphatic heterocycles. The molecular formula is C22H12F4O2S. The summed E-state index contributed by atoms with van der Waals surface area (Å²) >= 11 is 1.24. The molecule has 0 aliphatic carbocycles. The van der Waals surface area contributed by atoms with Crippen LogP contribution in [-0.4, -0.2) is 10.9 Å². The predicted octanol–water partition coefficient (Wildman–Crippen LogP) is 6.66. The van der Waals surface area contributed by atoms with Crippen LogP contribution in [0, 0.1) is 5.82 Å². The van der Waals surface area contributed by atoms with Gasteiger partial charge >= 0.3 is 6.18 Å². The molecule has 0 atom stereocenters. The van der Waals surface area contributed by atoms with Crippen LogP contribution in [0.2, 0.25) is 0 Å². The molecular weight excluding hydrogens is 404 g/mol. The Morgan fingerprint density at radius 3 is 2.17 bits per heavy atom. The van der Waals surface area contributed by atoms with E-state index in [-0.39, 0.29) is 11.3 Å². The summed E-state index contributed by atoms with van der Waals surface area (Å²) in [7, 11) is 0. The summed E-state index contributed by atoms with van der Waals surface area (Å²) in [4.78, 5) is 13.8.